The van der Waals surface area contributed by atoms with Crippen molar-refractivity contribution >= 4 is 38.2 Å². The van der Waals surface area contributed by atoms with Crippen molar-refractivity contribution in [1.82, 2.24) is 24.8 Å². The Morgan fingerprint density at radius 1 is 1.26 bits per heavy atom. The maximum absolute atomic E-state index is 14.0. The molecule has 3 aromatic rings. The topological polar surface area (TPSA) is 68.1 Å². The number of imidazole rings is 1. The van der Waals surface area contributed by atoms with E-state index >= 15 is 0 Å². The van der Waals surface area contributed by atoms with Gasteiger partial charge in [0.25, 0.3) is 0 Å². The standard InChI is InChI=1S/C22H28AsFN6O/c1-13(2)12-25-6-7-30-18(26-19-20(23)27-22(24)28-21(19)30)10-15-9-14-5-8-31-17(14)11-16(15)29(3)4/h9,11,13,25H,5-8,10,12H2,1-4H3. The van der Waals surface area contributed by atoms with Gasteiger partial charge >= 0.3 is 191 Å². The van der Waals surface area contributed by atoms with Crippen LogP contribution in [0, 0.1) is 12.0 Å². The fourth-order valence-corrected chi connectivity index (χ4v) is 4.44. The average Bonchev–Trinajstić information content (AvgIpc) is 3.29. The molecule has 0 unspecified atom stereocenters. The molecular formula is C22H28AsFN6O. The normalized spacial score (nSPS) is 13.1. The van der Waals surface area contributed by atoms with Crippen molar-refractivity contribution in [3.63, 3.8) is 0 Å². The Bertz CT molecular complexity index is 1100. The van der Waals surface area contributed by atoms with Crippen LogP contribution >= 0.6 is 0 Å². The van der Waals surface area contributed by atoms with E-state index in [9.17, 15) is 4.39 Å². The van der Waals surface area contributed by atoms with Gasteiger partial charge in [0.1, 0.15) is 0 Å². The quantitative estimate of drug-likeness (QED) is 0.297. The number of hydrogen-bond acceptors (Lipinski definition) is 6. The molecule has 164 valence electrons. The van der Waals surface area contributed by atoms with E-state index in [1.165, 1.54) is 11.1 Å². The van der Waals surface area contributed by atoms with Crippen molar-refractivity contribution in [3.8, 4) is 5.75 Å². The third-order valence-electron chi connectivity index (χ3n) is 5.41. The van der Waals surface area contributed by atoms with Crippen molar-refractivity contribution in [1.29, 1.82) is 0 Å². The zero-order valence-electron chi connectivity index (χ0n) is 18.4. The van der Waals surface area contributed by atoms with Crippen molar-refractivity contribution in [2.24, 2.45) is 5.92 Å². The zero-order valence-corrected chi connectivity index (χ0v) is 20.3. The molecule has 0 aliphatic carbocycles. The molecule has 31 heavy (non-hydrogen) atoms. The predicted molar refractivity (Wildman–Crippen MR) is 121 cm³/mol. The van der Waals surface area contributed by atoms with Crippen molar-refractivity contribution in [3.05, 3.63) is 35.2 Å². The average molecular weight is 486 g/mol. The molecule has 0 fully saturated rings. The number of nitrogens with one attached hydrogen (secondary N) is 1. The Hall–Kier alpha value is -2.18. The number of benzene rings is 1. The first-order valence-electron chi connectivity index (χ1n) is 10.6. The molecule has 0 bridgehead atoms. The summed E-state index contributed by atoms with van der Waals surface area (Å²) >= 11 is 2.30. The summed E-state index contributed by atoms with van der Waals surface area (Å²) in [5, 5.41) is 3.46. The summed E-state index contributed by atoms with van der Waals surface area (Å²) in [5.41, 5.74) is 4.67. The van der Waals surface area contributed by atoms with E-state index < -0.39 is 6.08 Å². The fourth-order valence-electron chi connectivity index (χ4n) is 3.95. The molecule has 9 heteroatoms. The molecule has 1 N–H and O–H groups in total. The van der Waals surface area contributed by atoms with Crippen LogP contribution in [-0.4, -0.2) is 70.2 Å². The summed E-state index contributed by atoms with van der Waals surface area (Å²) in [4.78, 5) is 14.9. The van der Waals surface area contributed by atoms with Crippen LogP contribution in [0.3, 0.4) is 0 Å². The number of nitrogens with zero attached hydrogens (tertiary/aromatic N) is 5. The van der Waals surface area contributed by atoms with Gasteiger partial charge in [-0.2, -0.15) is 0 Å². The summed E-state index contributed by atoms with van der Waals surface area (Å²) in [5.74, 6) is 2.38. The first-order valence-corrected chi connectivity index (χ1v) is 11.6. The van der Waals surface area contributed by atoms with E-state index in [1.54, 1.807) is 0 Å². The minimum atomic E-state index is -0.727. The summed E-state index contributed by atoms with van der Waals surface area (Å²) < 4.78 is 22.3. The molecule has 7 nitrogen and oxygen atoms in total. The first kappa shape index (κ1) is 22.0. The molecule has 1 aliphatic heterocycles. The second-order valence-electron chi connectivity index (χ2n) is 8.52. The Morgan fingerprint density at radius 3 is 2.81 bits per heavy atom. The van der Waals surface area contributed by atoms with Gasteiger partial charge in [-0.05, 0) is 0 Å². The molecule has 0 spiro atoms. The third kappa shape index (κ3) is 4.70. The second-order valence-corrected chi connectivity index (χ2v) is 9.41. The number of ether oxygens (including phenoxy) is 1. The molecule has 0 saturated carbocycles. The zero-order chi connectivity index (χ0) is 22.1. The minimum absolute atomic E-state index is 0.500. The van der Waals surface area contributed by atoms with Crippen molar-refractivity contribution in [2.75, 3.05) is 38.7 Å². The van der Waals surface area contributed by atoms with Gasteiger partial charge in [-0.3, -0.25) is 0 Å². The second kappa shape index (κ2) is 9.13. The number of halogens is 1. The van der Waals surface area contributed by atoms with E-state index in [2.05, 4.69) is 63.0 Å². The van der Waals surface area contributed by atoms with Gasteiger partial charge in [0, 0.05) is 0 Å². The van der Waals surface area contributed by atoms with E-state index in [-0.39, 0.29) is 0 Å². The van der Waals surface area contributed by atoms with Gasteiger partial charge in [-0.25, -0.2) is 0 Å². The maximum atomic E-state index is 14.0. The summed E-state index contributed by atoms with van der Waals surface area (Å²) in [6.07, 6.45) is 0.809. The SMILES string of the molecule is CC(C)CNCCn1c(Cc2cc3c(cc2N(C)C)OCC3)nc2c([As])nc(F)nc21. The van der Waals surface area contributed by atoms with Gasteiger partial charge in [0.15, 0.2) is 0 Å². The molecule has 1 aromatic carbocycles. The van der Waals surface area contributed by atoms with Crippen LogP contribution < -0.4 is 19.4 Å². The van der Waals surface area contributed by atoms with Crippen molar-refractivity contribution < 1.29 is 9.13 Å². The molecule has 3 heterocycles. The Morgan fingerprint density at radius 2 is 2.06 bits per heavy atom. The number of aromatic nitrogens is 4. The molecular weight excluding hydrogens is 458 g/mol. The van der Waals surface area contributed by atoms with E-state index in [1.807, 2.05) is 18.7 Å². The molecule has 0 amide bonds. The summed E-state index contributed by atoms with van der Waals surface area (Å²) in [6.45, 7) is 7.42. The van der Waals surface area contributed by atoms with E-state index in [4.69, 9.17) is 9.72 Å². The molecule has 0 atom stereocenters. The van der Waals surface area contributed by atoms with Gasteiger partial charge in [0.05, 0.1) is 0 Å². The van der Waals surface area contributed by atoms with Crippen LogP contribution in [0.4, 0.5) is 10.1 Å². The third-order valence-corrected chi connectivity index (χ3v) is 6.07. The van der Waals surface area contributed by atoms with Crippen molar-refractivity contribution in [2.45, 2.75) is 33.2 Å². The summed E-state index contributed by atoms with van der Waals surface area (Å²) in [6, 6.07) is 4.32. The molecule has 2 aromatic heterocycles. The van der Waals surface area contributed by atoms with Gasteiger partial charge in [-0.15, -0.1) is 0 Å². The van der Waals surface area contributed by atoms with Crippen LogP contribution in [-0.2, 0) is 19.4 Å². The van der Waals surface area contributed by atoms with Crippen LogP contribution in [0.2, 0.25) is 0 Å². The van der Waals surface area contributed by atoms with Crippen LogP contribution in [0.5, 0.6) is 5.75 Å². The Labute approximate surface area is 190 Å². The van der Waals surface area contributed by atoms with Crippen LogP contribution in [0.15, 0.2) is 12.1 Å². The number of anilines is 1. The van der Waals surface area contributed by atoms with Gasteiger partial charge in [0.2, 0.25) is 0 Å². The Balaban J connectivity index is 1.73. The van der Waals surface area contributed by atoms with Gasteiger partial charge in [-0.1, -0.05) is 0 Å². The number of rotatable bonds is 8. The van der Waals surface area contributed by atoms with Crippen LogP contribution in [0.1, 0.15) is 30.8 Å². The summed E-state index contributed by atoms with van der Waals surface area (Å²) in [7, 11) is 4.06. The Kier molecular flexibility index (Phi) is 6.49. The fraction of sp³-hybridized carbons (Fsp3) is 0.500. The van der Waals surface area contributed by atoms with Gasteiger partial charge < -0.3 is 0 Å². The monoisotopic (exact) mass is 486 g/mol. The predicted octanol–water partition coefficient (Wildman–Crippen LogP) is 1.60. The molecule has 0 saturated heterocycles. The molecule has 1 aliphatic rings. The van der Waals surface area contributed by atoms with Crippen LogP contribution in [0.25, 0.3) is 11.2 Å². The number of fused-ring (bicyclic) bond motifs is 2. The molecule has 4 rings (SSSR count). The first-order chi connectivity index (χ1) is 14.8. The van der Waals surface area contributed by atoms with E-state index in [0.717, 1.165) is 43.4 Å². The van der Waals surface area contributed by atoms with E-state index in [0.29, 0.717) is 34.5 Å². The number of hydrogen-bond donors (Lipinski definition) is 1. The molecule has 2 radical (unpaired) electrons.